The van der Waals surface area contributed by atoms with Gasteiger partial charge >= 0.3 is 0 Å². The van der Waals surface area contributed by atoms with Crippen LogP contribution >= 0.6 is 0 Å². The van der Waals surface area contributed by atoms with E-state index >= 15 is 0 Å². The molecule has 0 atom stereocenters. The van der Waals surface area contributed by atoms with Gasteiger partial charge in [0.1, 0.15) is 0 Å². The van der Waals surface area contributed by atoms with Crippen molar-refractivity contribution in [1.82, 2.24) is 0 Å². The summed E-state index contributed by atoms with van der Waals surface area (Å²) in [6, 6.07) is 0. The Kier molecular flexibility index (Phi) is 13.9. The van der Waals surface area contributed by atoms with Crippen LogP contribution in [0.4, 0.5) is 0 Å². The topological polar surface area (TPSA) is 0 Å². The monoisotopic (exact) mass is 284 g/mol. The predicted octanol–water partition coefficient (Wildman–Crippen LogP) is 6.17. The Labute approximate surface area is 129 Å². The summed E-state index contributed by atoms with van der Waals surface area (Å²) in [4.78, 5) is 0. The average Bonchev–Trinajstić information content (AvgIpc) is 3.34. The number of nitrogens with zero attached hydrogens (tertiary/aromatic N) is 1. The van der Waals surface area contributed by atoms with E-state index in [1.807, 2.05) is 0 Å². The standard InChI is InChI=1S/C16H36N.C3H6/c1-5-9-13-17(14-10-6-2,15-11-7-3)16-12-8-4;1-2-3-1/h5-16H2,1-4H3;1-3H2/q+1;. The summed E-state index contributed by atoms with van der Waals surface area (Å²) in [7, 11) is 0. The Morgan fingerprint density at radius 1 is 0.500 bits per heavy atom. The van der Waals surface area contributed by atoms with Crippen molar-refractivity contribution in [2.24, 2.45) is 0 Å². The van der Waals surface area contributed by atoms with Crippen LogP contribution in [0.3, 0.4) is 0 Å². The third-order valence-corrected chi connectivity index (χ3v) is 4.30. The van der Waals surface area contributed by atoms with Crippen LogP contribution in [0.5, 0.6) is 0 Å². The van der Waals surface area contributed by atoms with Gasteiger partial charge in [-0.1, -0.05) is 72.6 Å². The fourth-order valence-corrected chi connectivity index (χ4v) is 2.64. The normalized spacial score (nSPS) is 13.8. The van der Waals surface area contributed by atoms with Gasteiger partial charge in [0, 0.05) is 0 Å². The van der Waals surface area contributed by atoms with Crippen LogP contribution in [0.25, 0.3) is 0 Å². The van der Waals surface area contributed by atoms with Gasteiger partial charge in [0.25, 0.3) is 0 Å². The second kappa shape index (κ2) is 13.9. The number of rotatable bonds is 12. The zero-order chi connectivity index (χ0) is 15.1. The van der Waals surface area contributed by atoms with Crippen molar-refractivity contribution >= 4 is 0 Å². The highest BCUT2D eigenvalue weighted by Crippen LogP contribution is 2.16. The summed E-state index contributed by atoms with van der Waals surface area (Å²) in [5, 5.41) is 0. The van der Waals surface area contributed by atoms with Gasteiger partial charge < -0.3 is 4.48 Å². The molecule has 0 aromatic heterocycles. The first-order chi connectivity index (χ1) is 9.74. The van der Waals surface area contributed by atoms with Gasteiger partial charge in [-0.3, -0.25) is 0 Å². The van der Waals surface area contributed by atoms with Gasteiger partial charge in [-0.25, -0.2) is 0 Å². The first kappa shape index (κ1) is 20.0. The van der Waals surface area contributed by atoms with E-state index in [0.29, 0.717) is 0 Å². The van der Waals surface area contributed by atoms with Crippen molar-refractivity contribution < 1.29 is 4.48 Å². The van der Waals surface area contributed by atoms with E-state index in [9.17, 15) is 0 Å². The molecule has 0 aromatic carbocycles. The molecule has 1 aliphatic carbocycles. The Balaban J connectivity index is 0.00000105. The maximum Gasteiger partial charge on any atom is 0.0786 e. The maximum atomic E-state index is 2.33. The molecular formula is C19H42N+. The second-order valence-corrected chi connectivity index (χ2v) is 6.71. The lowest BCUT2D eigenvalue weighted by atomic mass is 10.1. The van der Waals surface area contributed by atoms with Gasteiger partial charge in [0.05, 0.1) is 26.2 Å². The smallest absolute Gasteiger partial charge is 0.0786 e. The lowest BCUT2D eigenvalue weighted by Crippen LogP contribution is -2.50. The Morgan fingerprint density at radius 3 is 0.900 bits per heavy atom. The predicted molar refractivity (Wildman–Crippen MR) is 93.2 cm³/mol. The summed E-state index contributed by atoms with van der Waals surface area (Å²) in [5.41, 5.74) is 0. The molecule has 0 spiro atoms. The molecule has 0 aromatic rings. The van der Waals surface area contributed by atoms with E-state index in [4.69, 9.17) is 0 Å². The molecule has 0 heterocycles. The first-order valence-corrected chi connectivity index (χ1v) is 9.59. The Morgan fingerprint density at radius 2 is 0.750 bits per heavy atom. The number of hydrogen-bond donors (Lipinski definition) is 0. The fraction of sp³-hybridized carbons (Fsp3) is 1.00. The first-order valence-electron chi connectivity index (χ1n) is 9.59. The molecule has 0 unspecified atom stereocenters. The van der Waals surface area contributed by atoms with E-state index in [1.165, 1.54) is 101 Å². The molecule has 1 aliphatic rings. The fourth-order valence-electron chi connectivity index (χ4n) is 2.64. The van der Waals surface area contributed by atoms with Crippen molar-refractivity contribution in [1.29, 1.82) is 0 Å². The molecule has 1 saturated carbocycles. The van der Waals surface area contributed by atoms with Crippen molar-refractivity contribution in [2.75, 3.05) is 26.2 Å². The maximum absolute atomic E-state index is 2.33. The zero-order valence-corrected chi connectivity index (χ0v) is 15.1. The minimum absolute atomic E-state index is 1.35. The molecule has 1 fully saturated rings. The van der Waals surface area contributed by atoms with Crippen LogP contribution in [0.1, 0.15) is 98.3 Å². The van der Waals surface area contributed by atoms with E-state index < -0.39 is 0 Å². The van der Waals surface area contributed by atoms with E-state index in [1.54, 1.807) is 0 Å². The minimum Gasteiger partial charge on any atom is -0.324 e. The lowest BCUT2D eigenvalue weighted by molar-refractivity contribution is -0.929. The molecule has 1 nitrogen and oxygen atoms in total. The van der Waals surface area contributed by atoms with Gasteiger partial charge in [-0.15, -0.1) is 0 Å². The molecule has 0 bridgehead atoms. The molecule has 0 amide bonds. The third-order valence-electron chi connectivity index (χ3n) is 4.30. The highest BCUT2D eigenvalue weighted by molar-refractivity contribution is 4.51. The summed E-state index contributed by atoms with van der Waals surface area (Å²) < 4.78 is 1.42. The molecule has 20 heavy (non-hydrogen) atoms. The Bertz CT molecular complexity index is 146. The van der Waals surface area contributed by atoms with Crippen LogP contribution < -0.4 is 0 Å². The summed E-state index contributed by atoms with van der Waals surface area (Å²) in [6.45, 7) is 15.0. The van der Waals surface area contributed by atoms with Gasteiger partial charge in [0.2, 0.25) is 0 Å². The molecule has 0 saturated heterocycles. The number of quaternary nitrogens is 1. The van der Waals surface area contributed by atoms with E-state index in [2.05, 4.69) is 27.7 Å². The molecular weight excluding hydrogens is 242 g/mol. The SMILES string of the molecule is C1CC1.CCCC[N+](CCCC)(CCCC)CCCC. The second-order valence-electron chi connectivity index (χ2n) is 6.71. The minimum atomic E-state index is 1.35. The van der Waals surface area contributed by atoms with Gasteiger partial charge in [-0.05, 0) is 25.7 Å². The van der Waals surface area contributed by atoms with E-state index in [-0.39, 0.29) is 0 Å². The third kappa shape index (κ3) is 11.8. The van der Waals surface area contributed by atoms with Gasteiger partial charge in [-0.2, -0.15) is 0 Å². The number of hydrogen-bond acceptors (Lipinski definition) is 0. The highest BCUT2D eigenvalue weighted by Gasteiger charge is 2.24. The van der Waals surface area contributed by atoms with Crippen molar-refractivity contribution in [3.05, 3.63) is 0 Å². The summed E-state index contributed by atoms with van der Waals surface area (Å²) >= 11 is 0. The zero-order valence-electron chi connectivity index (χ0n) is 15.1. The van der Waals surface area contributed by atoms with Crippen molar-refractivity contribution in [2.45, 2.75) is 98.3 Å². The quantitative estimate of drug-likeness (QED) is 0.376. The van der Waals surface area contributed by atoms with Crippen LogP contribution in [0.2, 0.25) is 0 Å². The van der Waals surface area contributed by atoms with Crippen molar-refractivity contribution in [3.8, 4) is 0 Å². The molecule has 122 valence electrons. The highest BCUT2D eigenvalue weighted by atomic mass is 15.3. The average molecular weight is 285 g/mol. The van der Waals surface area contributed by atoms with E-state index in [0.717, 1.165) is 0 Å². The molecule has 0 N–H and O–H groups in total. The summed E-state index contributed by atoms with van der Waals surface area (Å²) in [6.07, 6.45) is 15.6. The molecule has 1 heteroatoms. The van der Waals surface area contributed by atoms with Crippen LogP contribution in [-0.4, -0.2) is 30.7 Å². The Hall–Kier alpha value is -0.0400. The van der Waals surface area contributed by atoms with Crippen LogP contribution in [-0.2, 0) is 0 Å². The summed E-state index contributed by atoms with van der Waals surface area (Å²) in [5.74, 6) is 0. The molecule has 0 aliphatic heterocycles. The van der Waals surface area contributed by atoms with Gasteiger partial charge in [0.15, 0.2) is 0 Å². The molecule has 1 rings (SSSR count). The van der Waals surface area contributed by atoms with Crippen LogP contribution in [0.15, 0.2) is 0 Å². The van der Waals surface area contributed by atoms with Crippen LogP contribution in [0, 0.1) is 0 Å². The molecule has 0 radical (unpaired) electrons. The lowest BCUT2D eigenvalue weighted by Gasteiger charge is -2.39. The van der Waals surface area contributed by atoms with Crippen molar-refractivity contribution in [3.63, 3.8) is 0 Å². The number of unbranched alkanes of at least 4 members (excludes halogenated alkanes) is 4. The largest absolute Gasteiger partial charge is 0.324 e.